The molecule has 4 aliphatic rings. The number of rotatable bonds is 57. The standard InChI is InChI=1S/C82H119N11O34S/c1-46(97)88-69-75(109)72(106)58(42-94)125-79(69)122-38-35-118-32-29-115-26-22-84-63(102)17-15-61(100)82(45-121-25-20-65(104)86-24-28-117-31-34-120-37-40-124-81-71(90-48(3)99)77(111)74(108)60(44-96)127-81,62(101)16-18-64(103)85-23-27-116-30-33-119-36-39-123-80-70(89-47(2)98)76(110)73(107)59(43-95)126-80)92-66(105)41-87-50-9-7-49(8-10-50)67-51-19-21-83-54(51)11-14-57(67)93(128(113)114)56-13-12-55-68-52(56)5-4-6-53(68)78(112)91-55/h4-14,19,21,58-62,69-77,79-81,83,87,94-96,100-101,106-111,128H,15-18,20,22-45H2,1-3H3,(H,84,102)(H,85,103)(H,86,104)(H,88,97)(H,89,98)(H,90,99)(H,91,112)(H,92,105)/t58-,59-,60-,61?,62?,69-,70-,71-,72+,73+,74+,75-,76-,77-,79-,80-,81?,82?/m1/s1. The third kappa shape index (κ3) is 29.3. The maximum atomic E-state index is 14.7. The number of hydrogen-bond donors (Lipinski definition) is 22. The predicted octanol–water partition coefficient (Wildman–Crippen LogP) is -5.50. The molecule has 4 aromatic carbocycles. The summed E-state index contributed by atoms with van der Waals surface area (Å²) in [5.41, 5.74) is 1.31. The molecule has 712 valence electrons. The van der Waals surface area contributed by atoms with Crippen LogP contribution < -0.4 is 52.2 Å². The zero-order valence-corrected chi connectivity index (χ0v) is 71.9. The summed E-state index contributed by atoms with van der Waals surface area (Å²) in [7, 11) is -3.38. The van der Waals surface area contributed by atoms with Gasteiger partial charge in [-0.15, -0.1) is 0 Å². The number of carbonyl (C=O) groups is 8. The van der Waals surface area contributed by atoms with Gasteiger partial charge in [0.15, 0.2) is 18.9 Å². The molecule has 0 aliphatic carbocycles. The normalized spacial score (nSPS) is 23.6. The van der Waals surface area contributed by atoms with Crippen molar-refractivity contribution in [1.29, 1.82) is 0 Å². The van der Waals surface area contributed by atoms with Crippen LogP contribution in [0.1, 0.15) is 63.2 Å². The highest BCUT2D eigenvalue weighted by Crippen LogP contribution is 2.46. The van der Waals surface area contributed by atoms with Crippen LogP contribution >= 0.6 is 0 Å². The summed E-state index contributed by atoms with van der Waals surface area (Å²) in [4.78, 5) is 107. The van der Waals surface area contributed by atoms with Gasteiger partial charge in [0.1, 0.15) is 78.6 Å². The Kier molecular flexibility index (Phi) is 41.9. The molecular weight excluding hydrogens is 1720 g/mol. The van der Waals surface area contributed by atoms with Gasteiger partial charge in [-0.1, -0.05) is 24.3 Å². The number of fused-ring (bicyclic) bond motifs is 1. The summed E-state index contributed by atoms with van der Waals surface area (Å²) in [6.45, 7) is 0.0664. The Morgan fingerprint density at radius 3 is 1.35 bits per heavy atom. The number of benzene rings is 4. The van der Waals surface area contributed by atoms with E-state index in [-0.39, 0.29) is 149 Å². The maximum Gasteiger partial charge on any atom is 0.256 e. The van der Waals surface area contributed by atoms with Crippen molar-refractivity contribution in [3.8, 4) is 11.1 Å². The summed E-state index contributed by atoms with van der Waals surface area (Å²) in [5, 5.41) is 142. The molecule has 45 nitrogen and oxygen atoms in total. The fraction of sp³-hybridized carbons (Fsp3) is 0.610. The first-order chi connectivity index (χ1) is 61.6. The van der Waals surface area contributed by atoms with E-state index in [1.807, 2.05) is 0 Å². The van der Waals surface area contributed by atoms with E-state index in [0.717, 1.165) is 0 Å². The van der Waals surface area contributed by atoms with E-state index in [9.17, 15) is 103 Å². The van der Waals surface area contributed by atoms with Crippen molar-refractivity contribution < 1.29 is 165 Å². The smallest absolute Gasteiger partial charge is 0.256 e. The second kappa shape index (κ2) is 52.2. The first kappa shape index (κ1) is 103. The number of H-pyrrole nitrogens is 1. The minimum absolute atomic E-state index is 0.00797. The average Bonchev–Trinajstić information content (AvgIpc) is 1.57. The SMILES string of the molecule is CC(=O)N[C@H]1[C@H](OCCOCCOCCNC(=O)CCC(O)C(COCCC(=O)NCCOCCOCCOC2O[C@H](CO)[C@H](O)[C@H](O)[C@H]2NC(C)=O)(NC(=O)CNc2ccc(-c3c(N(c4ccc5c6c(cccc46)C(=O)N5)[SH](=O)=O)ccc4[nH]ccc34)cc2)C(O)CCC(=O)NCCOCCOCCO[C@@H]2O[C@H](CO)[C@H](O)[C@H](O)[C@H]2NC(C)=O)O[C@H](CO)[C@H](O)[C@@H]1O. The van der Waals surface area contributed by atoms with Crippen LogP contribution in [0.25, 0.3) is 32.8 Å². The fourth-order valence-corrected chi connectivity index (χ4v) is 15.5. The van der Waals surface area contributed by atoms with Crippen LogP contribution in [0.2, 0.25) is 0 Å². The Bertz CT molecular complexity index is 4360. The molecule has 5 heterocycles. The van der Waals surface area contributed by atoms with Crippen LogP contribution in [0.4, 0.5) is 22.7 Å². The van der Waals surface area contributed by atoms with Crippen LogP contribution in [0.3, 0.4) is 0 Å². The minimum Gasteiger partial charge on any atom is -0.394 e. The molecule has 1 aromatic heterocycles. The van der Waals surface area contributed by atoms with Crippen LogP contribution in [-0.2, 0) is 106 Å². The van der Waals surface area contributed by atoms with Gasteiger partial charge in [0.2, 0.25) is 52.2 Å². The molecule has 4 aliphatic heterocycles. The molecule has 3 fully saturated rings. The van der Waals surface area contributed by atoms with Gasteiger partial charge in [-0.05, 0) is 66.9 Å². The first-order valence-electron chi connectivity index (χ1n) is 41.9. The van der Waals surface area contributed by atoms with E-state index in [2.05, 4.69) is 52.8 Å². The van der Waals surface area contributed by atoms with Gasteiger partial charge in [0.25, 0.3) is 5.91 Å². The van der Waals surface area contributed by atoms with Crippen LogP contribution in [0.5, 0.6) is 0 Å². The minimum atomic E-state index is -3.38. The number of amides is 8. The molecule has 3 unspecified atom stereocenters. The van der Waals surface area contributed by atoms with Crippen LogP contribution in [0, 0.1) is 0 Å². The van der Waals surface area contributed by atoms with Crippen molar-refractivity contribution in [1.82, 2.24) is 42.2 Å². The van der Waals surface area contributed by atoms with Gasteiger partial charge in [0, 0.05) is 110 Å². The van der Waals surface area contributed by atoms with Gasteiger partial charge in [-0.3, -0.25) is 38.4 Å². The van der Waals surface area contributed by atoms with Crippen molar-refractivity contribution in [3.05, 3.63) is 84.6 Å². The van der Waals surface area contributed by atoms with Gasteiger partial charge < -0.3 is 171 Å². The number of aromatic nitrogens is 1. The number of ether oxygens (including phenoxy) is 13. The Morgan fingerprint density at radius 2 is 0.914 bits per heavy atom. The van der Waals surface area contributed by atoms with E-state index >= 15 is 0 Å². The Morgan fingerprint density at radius 1 is 0.484 bits per heavy atom. The zero-order valence-electron chi connectivity index (χ0n) is 71.0. The van der Waals surface area contributed by atoms with Crippen molar-refractivity contribution in [2.45, 2.75) is 163 Å². The molecular formula is C82H119N11O34S. The van der Waals surface area contributed by atoms with E-state index in [0.29, 0.717) is 49.7 Å². The molecule has 17 atom stereocenters. The predicted molar refractivity (Wildman–Crippen MR) is 451 cm³/mol. The van der Waals surface area contributed by atoms with Crippen LogP contribution in [0.15, 0.2) is 79.0 Å². The summed E-state index contributed by atoms with van der Waals surface area (Å²) in [5.74, 6) is -4.49. The van der Waals surface area contributed by atoms with E-state index in [1.165, 1.54) is 25.1 Å². The highest BCUT2D eigenvalue weighted by molar-refractivity contribution is 7.74. The lowest BCUT2D eigenvalue weighted by Gasteiger charge is -2.42. The number of thiol groups is 1. The molecule has 8 amide bonds. The molecule has 0 bridgehead atoms. The molecule has 5 aromatic rings. The third-order valence-corrected chi connectivity index (χ3v) is 22.0. The summed E-state index contributed by atoms with van der Waals surface area (Å²) < 4.78 is 102. The molecule has 21 N–H and O–H groups in total. The van der Waals surface area contributed by atoms with Gasteiger partial charge >= 0.3 is 0 Å². The lowest BCUT2D eigenvalue weighted by Crippen LogP contribution is -2.67. The molecule has 9 rings (SSSR count). The van der Waals surface area contributed by atoms with Crippen molar-refractivity contribution in [2.24, 2.45) is 0 Å². The van der Waals surface area contributed by atoms with Gasteiger partial charge in [-0.2, -0.15) is 0 Å². The summed E-state index contributed by atoms with van der Waals surface area (Å²) in [6, 6.07) is 16.7. The fourth-order valence-electron chi connectivity index (χ4n) is 14.8. The number of anilines is 4. The molecule has 46 heteroatoms. The second-order valence-electron chi connectivity index (χ2n) is 30.3. The number of hydrogen-bond acceptors (Lipinski definition) is 35. The number of nitrogens with zero attached hydrogens (tertiary/aromatic N) is 1. The molecule has 128 heavy (non-hydrogen) atoms. The highest BCUT2D eigenvalue weighted by atomic mass is 32.2. The highest BCUT2D eigenvalue weighted by Gasteiger charge is 2.50. The lowest BCUT2D eigenvalue weighted by atomic mass is 9.82. The molecule has 3 saturated heterocycles. The topological polar surface area (TPSA) is 641 Å². The monoisotopic (exact) mass is 1830 g/mol. The number of aliphatic hydroxyl groups is 11. The average molecular weight is 1830 g/mol. The molecule has 0 radical (unpaired) electrons. The number of aliphatic hydroxyl groups excluding tert-OH is 11. The maximum absolute atomic E-state index is 14.7. The Labute approximate surface area is 737 Å². The van der Waals surface area contributed by atoms with E-state index in [4.69, 9.17) is 61.6 Å². The van der Waals surface area contributed by atoms with Crippen molar-refractivity contribution in [3.63, 3.8) is 0 Å². The zero-order chi connectivity index (χ0) is 92.4. The van der Waals surface area contributed by atoms with Gasteiger partial charge in [-0.25, -0.2) is 12.7 Å². The third-order valence-electron chi connectivity index (χ3n) is 21.2. The molecule has 0 spiro atoms. The summed E-state index contributed by atoms with van der Waals surface area (Å²) >= 11 is 0. The quantitative estimate of drug-likeness (QED) is 0.0128. The second-order valence-corrected chi connectivity index (χ2v) is 31.2. The van der Waals surface area contributed by atoms with Crippen molar-refractivity contribution in [2.75, 3.05) is 173 Å². The van der Waals surface area contributed by atoms with E-state index in [1.54, 1.807) is 79.0 Å². The number of carbonyl (C=O) groups excluding carboxylic acids is 8. The van der Waals surface area contributed by atoms with Gasteiger partial charge in [0.05, 0.1) is 162 Å². The largest absolute Gasteiger partial charge is 0.394 e. The lowest BCUT2D eigenvalue weighted by molar-refractivity contribution is -0.272. The Balaban J connectivity index is 0.834. The molecule has 0 saturated carbocycles. The first-order valence-corrected chi connectivity index (χ1v) is 43.0. The van der Waals surface area contributed by atoms with Crippen molar-refractivity contribution >= 4 is 103 Å². The number of nitrogens with one attached hydrogen (secondary N) is 10. The Hall–Kier alpha value is -8.97. The summed E-state index contributed by atoms with van der Waals surface area (Å²) in [6.07, 6.45) is -20.3. The van der Waals surface area contributed by atoms with Crippen LogP contribution in [-0.4, -0.2) is 385 Å². The number of aromatic amines is 1. The van der Waals surface area contributed by atoms with E-state index < -0.39 is 221 Å².